The average Bonchev–Trinajstić information content (AvgIpc) is 1.69. The minimum absolute atomic E-state index is 0.647. The summed E-state index contributed by atoms with van der Waals surface area (Å²) in [5, 5.41) is 0. The van der Waals surface area contributed by atoms with Crippen molar-refractivity contribution in [2.24, 2.45) is 0 Å². The predicted octanol–water partition coefficient (Wildman–Crippen LogP) is 1.90. The normalized spacial score (nSPS) is 11.2. The Labute approximate surface area is 56.4 Å². The molecule has 0 aliphatic rings. The Morgan fingerprint density at radius 2 is 1.50 bits per heavy atom. The van der Waals surface area contributed by atoms with Crippen LogP contribution in [0.2, 0.25) is 12.6 Å². The fourth-order valence-corrected chi connectivity index (χ4v) is 2.29. The quantitative estimate of drug-likeness (QED) is 0.405. The topological polar surface area (TPSA) is 0 Å². The van der Waals surface area contributed by atoms with Crippen LogP contribution in [0.15, 0.2) is 0 Å². The van der Waals surface area contributed by atoms with E-state index in [1.54, 1.807) is 0 Å². The fraction of sp³-hybridized carbons (Fsp3) is 1.00. The summed E-state index contributed by atoms with van der Waals surface area (Å²) in [4.78, 5) is 0. The molecule has 49 valence electrons. The lowest BCUT2D eigenvalue weighted by molar-refractivity contribution is 1.35. The third-order valence-corrected chi connectivity index (χ3v) is 3.58. The molecular weight excluding hydrogens is 115 g/mol. The van der Waals surface area contributed by atoms with Gasteiger partial charge in [0.15, 0.2) is 0 Å². The average molecular weight is 131 g/mol. The molecule has 1 radical (unpaired) electrons. The van der Waals surface area contributed by atoms with Crippen molar-refractivity contribution in [2.75, 3.05) is 12.5 Å². The summed E-state index contributed by atoms with van der Waals surface area (Å²) in [6, 6.07) is 0. The van der Waals surface area contributed by atoms with Crippen molar-refractivity contribution in [3.05, 3.63) is 0 Å². The van der Waals surface area contributed by atoms with Crippen LogP contribution >= 0.6 is 0 Å². The van der Waals surface area contributed by atoms with Crippen molar-refractivity contribution in [1.82, 2.24) is 0 Å². The van der Waals surface area contributed by atoms with Crippen LogP contribution in [0.25, 0.3) is 0 Å². The molecule has 0 rings (SSSR count). The molecule has 0 fully saturated rings. The van der Waals surface area contributed by atoms with E-state index in [0.29, 0.717) is 10.7 Å². The van der Waals surface area contributed by atoms with E-state index in [1.807, 2.05) is 0 Å². The van der Waals surface area contributed by atoms with Crippen LogP contribution in [0.5, 0.6) is 0 Å². The summed E-state index contributed by atoms with van der Waals surface area (Å²) in [5.74, 6) is 0.981. The first-order chi connectivity index (χ1) is 3.72. The van der Waals surface area contributed by atoms with Crippen molar-refractivity contribution in [3.8, 4) is 0 Å². The molecule has 0 nitrogen and oxygen atoms in total. The summed E-state index contributed by atoms with van der Waals surface area (Å²) in [6.07, 6.45) is 7.37. The van der Waals surface area contributed by atoms with Crippen molar-refractivity contribution < 1.29 is 0 Å². The van der Waals surface area contributed by atoms with Crippen molar-refractivity contribution in [2.45, 2.75) is 26.5 Å². The zero-order valence-corrected chi connectivity index (χ0v) is 7.22. The molecule has 8 heavy (non-hydrogen) atoms. The van der Waals surface area contributed by atoms with Gasteiger partial charge in [0.1, 0.15) is 5.99 Å². The minimum Gasteiger partial charge on any atom is -0.259 e. The lowest BCUT2D eigenvalue weighted by Gasteiger charge is -2.17. The van der Waals surface area contributed by atoms with Gasteiger partial charge >= 0.3 is 0 Å². The highest BCUT2D eigenvalue weighted by molar-refractivity contribution is 8.21. The standard InChI is InChI=1S/C6H16BS/c1-5-7(6-2)8(3)4/h5-6H2,1-4H3. The van der Waals surface area contributed by atoms with Crippen LogP contribution in [0, 0.1) is 0 Å². The number of rotatable bonds is 3. The third-order valence-electron chi connectivity index (χ3n) is 1.58. The molecule has 0 heterocycles. The highest BCUT2D eigenvalue weighted by atomic mass is 32.2. The van der Waals surface area contributed by atoms with Crippen molar-refractivity contribution in [1.29, 1.82) is 0 Å². The molecule has 0 saturated heterocycles. The molecule has 0 saturated carbocycles. The maximum atomic E-state index is 2.33. The first kappa shape index (κ1) is 8.41. The van der Waals surface area contributed by atoms with E-state index in [4.69, 9.17) is 0 Å². The largest absolute Gasteiger partial charge is 0.259 e. The zero-order chi connectivity index (χ0) is 6.57. The Bertz CT molecular complexity index is 50.5. The van der Waals surface area contributed by atoms with Crippen molar-refractivity contribution in [3.63, 3.8) is 0 Å². The van der Waals surface area contributed by atoms with Gasteiger partial charge in [-0.15, -0.1) is 0 Å². The molecule has 0 spiro atoms. The molecule has 0 aliphatic carbocycles. The molecule has 0 amide bonds. The Morgan fingerprint density at radius 1 is 1.12 bits per heavy atom. The van der Waals surface area contributed by atoms with E-state index < -0.39 is 0 Å². The molecule has 0 N–H and O–H groups in total. The highest BCUT2D eigenvalue weighted by Gasteiger charge is 2.05. The molecule has 0 aliphatic heterocycles. The van der Waals surface area contributed by atoms with Gasteiger partial charge in [0.2, 0.25) is 0 Å². The first-order valence-electron chi connectivity index (χ1n) is 3.28. The third kappa shape index (κ3) is 2.66. The van der Waals surface area contributed by atoms with E-state index in [2.05, 4.69) is 26.4 Å². The van der Waals surface area contributed by atoms with Crippen LogP contribution in [-0.4, -0.2) is 18.5 Å². The van der Waals surface area contributed by atoms with Gasteiger partial charge in [0, 0.05) is 12.5 Å². The summed E-state index contributed by atoms with van der Waals surface area (Å²) in [5.41, 5.74) is 0. The second-order valence-electron chi connectivity index (χ2n) is 2.32. The molecule has 0 aromatic carbocycles. The monoisotopic (exact) mass is 131 g/mol. The SMILES string of the molecule is CC[B-](CC)[S+](C)C. The van der Waals surface area contributed by atoms with Gasteiger partial charge in [-0.2, -0.15) is 12.6 Å². The zero-order valence-electron chi connectivity index (χ0n) is 6.40. The van der Waals surface area contributed by atoms with Gasteiger partial charge in [-0.3, -0.25) is 10.7 Å². The molecular formula is C6H16BS. The highest BCUT2D eigenvalue weighted by Crippen LogP contribution is 2.04. The molecule has 0 atom stereocenters. The van der Waals surface area contributed by atoms with Gasteiger partial charge in [0.25, 0.3) is 0 Å². The lowest BCUT2D eigenvalue weighted by Crippen LogP contribution is -2.21. The second kappa shape index (κ2) is 4.31. The van der Waals surface area contributed by atoms with Crippen LogP contribution in [0.4, 0.5) is 0 Å². The minimum atomic E-state index is 0.647. The van der Waals surface area contributed by atoms with E-state index in [9.17, 15) is 0 Å². The van der Waals surface area contributed by atoms with Crippen LogP contribution in [0.3, 0.4) is 0 Å². The van der Waals surface area contributed by atoms with E-state index in [1.165, 1.54) is 12.6 Å². The number of hydrogen-bond donors (Lipinski definition) is 0. The van der Waals surface area contributed by atoms with Crippen LogP contribution in [-0.2, 0) is 10.7 Å². The Morgan fingerprint density at radius 3 is 1.50 bits per heavy atom. The van der Waals surface area contributed by atoms with Crippen LogP contribution < -0.4 is 0 Å². The summed E-state index contributed by atoms with van der Waals surface area (Å²) >= 11 is 0. The number of hydrogen-bond acceptors (Lipinski definition) is 0. The fourth-order valence-electron chi connectivity index (χ4n) is 0.955. The maximum Gasteiger partial charge on any atom is 0.139 e. The summed E-state index contributed by atoms with van der Waals surface area (Å²) in [6.45, 7) is 4.56. The molecule has 2 heteroatoms. The predicted molar refractivity (Wildman–Crippen MR) is 45.9 cm³/mol. The van der Waals surface area contributed by atoms with Crippen LogP contribution in [0.1, 0.15) is 13.8 Å². The van der Waals surface area contributed by atoms with Gasteiger partial charge in [-0.05, 0) is 0 Å². The molecule has 0 aromatic heterocycles. The van der Waals surface area contributed by atoms with Crippen molar-refractivity contribution >= 4 is 16.7 Å². The molecule has 0 aromatic rings. The molecule has 0 bridgehead atoms. The lowest BCUT2D eigenvalue weighted by atomic mass is 9.70. The van der Waals surface area contributed by atoms with Gasteiger partial charge in [-0.1, -0.05) is 13.8 Å². The van der Waals surface area contributed by atoms with Gasteiger partial charge in [0.05, 0.1) is 0 Å². The first-order valence-corrected chi connectivity index (χ1v) is 5.39. The Balaban J connectivity index is 3.35. The Hall–Kier alpha value is 0.415. The van der Waals surface area contributed by atoms with Gasteiger partial charge in [-0.25, -0.2) is 0 Å². The van der Waals surface area contributed by atoms with E-state index in [-0.39, 0.29) is 0 Å². The summed E-state index contributed by atoms with van der Waals surface area (Å²) < 4.78 is 0. The van der Waals surface area contributed by atoms with E-state index in [0.717, 1.165) is 5.99 Å². The smallest absolute Gasteiger partial charge is 0.139 e. The molecule has 0 unspecified atom stereocenters. The summed E-state index contributed by atoms with van der Waals surface area (Å²) in [7, 11) is 0.647. The Kier molecular flexibility index (Phi) is 4.53. The van der Waals surface area contributed by atoms with E-state index >= 15 is 0 Å². The van der Waals surface area contributed by atoms with Gasteiger partial charge < -0.3 is 0 Å². The maximum absolute atomic E-state index is 2.33. The second-order valence-corrected chi connectivity index (χ2v) is 4.74.